The van der Waals surface area contributed by atoms with Gasteiger partial charge >= 0.3 is 6.09 Å². The fraction of sp³-hybridized carbons (Fsp3) is 0.400. The van der Waals surface area contributed by atoms with Crippen LogP contribution in [0.2, 0.25) is 0 Å². The topological polar surface area (TPSA) is 73.3 Å². The summed E-state index contributed by atoms with van der Waals surface area (Å²) in [6.07, 6.45) is 1.09. The maximum Gasteiger partial charge on any atom is 0.407 e. The number of rotatable bonds is 4. The van der Waals surface area contributed by atoms with Crippen molar-refractivity contribution >= 4 is 33.1 Å². The summed E-state index contributed by atoms with van der Waals surface area (Å²) >= 11 is 3.39. The van der Waals surface area contributed by atoms with E-state index >= 15 is 0 Å². The molecular formula is C15H18BrN3O3. The van der Waals surface area contributed by atoms with Crippen LogP contribution in [0.5, 0.6) is 5.88 Å². The summed E-state index contributed by atoms with van der Waals surface area (Å²) < 4.78 is 11.5. The van der Waals surface area contributed by atoms with Crippen molar-refractivity contribution < 1.29 is 14.3 Å². The first kappa shape index (κ1) is 16.5. The van der Waals surface area contributed by atoms with Crippen LogP contribution in [0.4, 0.5) is 4.79 Å². The van der Waals surface area contributed by atoms with Crippen molar-refractivity contribution in [1.29, 1.82) is 0 Å². The summed E-state index contributed by atoms with van der Waals surface area (Å²) in [7, 11) is 0. The van der Waals surface area contributed by atoms with Gasteiger partial charge in [0.05, 0.1) is 23.8 Å². The highest BCUT2D eigenvalue weighted by Crippen LogP contribution is 2.18. The van der Waals surface area contributed by atoms with E-state index in [1.165, 1.54) is 0 Å². The Morgan fingerprint density at radius 2 is 2.09 bits per heavy atom. The van der Waals surface area contributed by atoms with Crippen molar-refractivity contribution in [2.45, 2.75) is 26.4 Å². The lowest BCUT2D eigenvalue weighted by atomic mass is 10.2. The number of alkyl carbamates (subject to hydrolysis) is 1. The van der Waals surface area contributed by atoms with Crippen LogP contribution in [0.15, 0.2) is 28.9 Å². The number of fused-ring (bicyclic) bond motifs is 1. The highest BCUT2D eigenvalue weighted by Gasteiger charge is 2.15. The zero-order valence-electron chi connectivity index (χ0n) is 12.7. The van der Waals surface area contributed by atoms with Gasteiger partial charge in [0.25, 0.3) is 0 Å². The van der Waals surface area contributed by atoms with E-state index in [1.54, 1.807) is 6.20 Å². The number of carbonyl (C=O) groups is 1. The molecule has 0 bridgehead atoms. The zero-order chi connectivity index (χ0) is 16.2. The molecule has 1 heterocycles. The van der Waals surface area contributed by atoms with Crippen LogP contribution in [0.3, 0.4) is 0 Å². The highest BCUT2D eigenvalue weighted by atomic mass is 79.9. The minimum Gasteiger partial charge on any atom is -0.475 e. The van der Waals surface area contributed by atoms with Crippen LogP contribution >= 0.6 is 15.9 Å². The average Bonchev–Trinajstić information content (AvgIpc) is 2.41. The quantitative estimate of drug-likeness (QED) is 0.839. The lowest BCUT2D eigenvalue weighted by Gasteiger charge is -2.19. The molecule has 2 aromatic rings. The molecule has 0 aliphatic heterocycles. The van der Waals surface area contributed by atoms with E-state index in [4.69, 9.17) is 9.47 Å². The maximum absolute atomic E-state index is 11.5. The Bertz CT molecular complexity index is 671. The Hall–Kier alpha value is -1.89. The van der Waals surface area contributed by atoms with Crippen molar-refractivity contribution in [3.8, 4) is 5.88 Å². The number of hydrogen-bond donors (Lipinski definition) is 1. The van der Waals surface area contributed by atoms with Gasteiger partial charge < -0.3 is 14.8 Å². The Morgan fingerprint density at radius 3 is 2.82 bits per heavy atom. The Balaban J connectivity index is 1.83. The second kappa shape index (κ2) is 6.91. The largest absolute Gasteiger partial charge is 0.475 e. The average molecular weight is 368 g/mol. The van der Waals surface area contributed by atoms with E-state index in [2.05, 4.69) is 31.2 Å². The monoisotopic (exact) mass is 367 g/mol. The van der Waals surface area contributed by atoms with Gasteiger partial charge in [0.2, 0.25) is 5.88 Å². The SMILES string of the molecule is CC(C)(C)OC(=O)NCCOc1cnc2ccc(Br)cc2n1. The van der Waals surface area contributed by atoms with Crippen molar-refractivity contribution in [1.82, 2.24) is 15.3 Å². The van der Waals surface area contributed by atoms with Gasteiger partial charge in [-0.1, -0.05) is 15.9 Å². The van der Waals surface area contributed by atoms with E-state index in [1.807, 2.05) is 39.0 Å². The first-order valence-electron chi connectivity index (χ1n) is 6.85. The molecule has 1 N–H and O–H groups in total. The third-order valence-corrected chi connectivity index (χ3v) is 3.00. The molecule has 0 atom stereocenters. The molecule has 0 aliphatic rings. The molecule has 1 aromatic heterocycles. The predicted molar refractivity (Wildman–Crippen MR) is 87.0 cm³/mol. The molecular weight excluding hydrogens is 350 g/mol. The molecule has 1 aromatic carbocycles. The van der Waals surface area contributed by atoms with Crippen LogP contribution in [0.1, 0.15) is 20.8 Å². The molecule has 6 nitrogen and oxygen atoms in total. The smallest absolute Gasteiger partial charge is 0.407 e. The van der Waals surface area contributed by atoms with E-state index in [-0.39, 0.29) is 6.61 Å². The zero-order valence-corrected chi connectivity index (χ0v) is 14.3. The number of hydrogen-bond acceptors (Lipinski definition) is 5. The van der Waals surface area contributed by atoms with Gasteiger partial charge in [0.15, 0.2) is 0 Å². The number of nitrogens with one attached hydrogen (secondary N) is 1. The number of amides is 1. The normalized spacial score (nSPS) is 11.3. The summed E-state index contributed by atoms with van der Waals surface area (Å²) in [6, 6.07) is 5.65. The Morgan fingerprint density at radius 1 is 1.32 bits per heavy atom. The van der Waals surface area contributed by atoms with Crippen LogP contribution in [0.25, 0.3) is 11.0 Å². The summed E-state index contributed by atoms with van der Waals surface area (Å²) in [5.74, 6) is 0.414. The summed E-state index contributed by atoms with van der Waals surface area (Å²) in [4.78, 5) is 20.1. The lowest BCUT2D eigenvalue weighted by molar-refractivity contribution is 0.0520. The molecule has 7 heteroatoms. The van der Waals surface area contributed by atoms with Gasteiger partial charge in [-0.3, -0.25) is 0 Å². The van der Waals surface area contributed by atoms with Crippen molar-refractivity contribution in [3.63, 3.8) is 0 Å². The third-order valence-electron chi connectivity index (χ3n) is 2.50. The fourth-order valence-electron chi connectivity index (χ4n) is 1.66. The molecule has 0 aliphatic carbocycles. The highest BCUT2D eigenvalue weighted by molar-refractivity contribution is 9.10. The number of benzene rings is 1. The third kappa shape index (κ3) is 5.14. The van der Waals surface area contributed by atoms with Crippen LogP contribution in [-0.2, 0) is 4.74 Å². The lowest BCUT2D eigenvalue weighted by Crippen LogP contribution is -2.34. The first-order chi connectivity index (χ1) is 10.3. The van der Waals surface area contributed by atoms with Gasteiger partial charge in [-0.25, -0.2) is 14.8 Å². The minimum atomic E-state index is -0.512. The van der Waals surface area contributed by atoms with Crippen molar-refractivity contribution in [3.05, 3.63) is 28.9 Å². The molecule has 0 spiro atoms. The molecule has 118 valence electrons. The van der Waals surface area contributed by atoms with Crippen molar-refractivity contribution in [2.75, 3.05) is 13.2 Å². The molecule has 0 unspecified atom stereocenters. The van der Waals surface area contributed by atoms with Crippen molar-refractivity contribution in [2.24, 2.45) is 0 Å². The summed E-state index contributed by atoms with van der Waals surface area (Å²) in [5.41, 5.74) is 1.02. The van der Waals surface area contributed by atoms with Gasteiger partial charge in [0.1, 0.15) is 12.2 Å². The second-order valence-electron chi connectivity index (χ2n) is 5.62. The first-order valence-corrected chi connectivity index (χ1v) is 7.65. The summed E-state index contributed by atoms with van der Waals surface area (Å²) in [6.45, 7) is 6.05. The van der Waals surface area contributed by atoms with E-state index < -0.39 is 11.7 Å². The van der Waals surface area contributed by atoms with E-state index in [9.17, 15) is 4.79 Å². The number of halogens is 1. The van der Waals surface area contributed by atoms with E-state index in [0.717, 1.165) is 15.5 Å². The number of ether oxygens (including phenoxy) is 2. The molecule has 0 saturated carbocycles. The van der Waals surface area contributed by atoms with Gasteiger partial charge in [-0.05, 0) is 39.0 Å². The number of nitrogens with zero attached hydrogens (tertiary/aromatic N) is 2. The number of carbonyl (C=O) groups excluding carboxylic acids is 1. The molecule has 22 heavy (non-hydrogen) atoms. The van der Waals surface area contributed by atoms with Crippen LogP contribution < -0.4 is 10.1 Å². The maximum atomic E-state index is 11.5. The molecule has 2 rings (SSSR count). The molecule has 0 fully saturated rings. The Kier molecular flexibility index (Phi) is 5.18. The molecule has 0 radical (unpaired) electrons. The summed E-state index contributed by atoms with van der Waals surface area (Å²) in [5, 5.41) is 2.61. The predicted octanol–water partition coefficient (Wildman–Crippen LogP) is 3.30. The van der Waals surface area contributed by atoms with Gasteiger partial charge in [-0.2, -0.15) is 0 Å². The Labute approximate surface area is 137 Å². The van der Waals surface area contributed by atoms with Crippen LogP contribution in [0, 0.1) is 0 Å². The van der Waals surface area contributed by atoms with Gasteiger partial charge in [-0.15, -0.1) is 0 Å². The standard InChI is InChI=1S/C15H18BrN3O3/c1-15(2,3)22-14(20)17-6-7-21-13-9-18-11-5-4-10(16)8-12(11)19-13/h4-5,8-9H,6-7H2,1-3H3,(H,17,20). The molecule has 1 amide bonds. The number of aromatic nitrogens is 2. The second-order valence-corrected chi connectivity index (χ2v) is 6.53. The van der Waals surface area contributed by atoms with E-state index in [0.29, 0.717) is 12.4 Å². The van der Waals surface area contributed by atoms with Crippen LogP contribution in [-0.4, -0.2) is 34.8 Å². The molecule has 0 saturated heterocycles. The van der Waals surface area contributed by atoms with Gasteiger partial charge in [0, 0.05) is 4.47 Å². The minimum absolute atomic E-state index is 0.285. The fourth-order valence-corrected chi connectivity index (χ4v) is 2.01.